The topological polar surface area (TPSA) is 69.9 Å². The molecule has 0 amide bonds. The lowest BCUT2D eigenvalue weighted by molar-refractivity contribution is -0.207. The van der Waals surface area contributed by atoms with Gasteiger partial charge in [-0.25, -0.2) is 0 Å². The van der Waals surface area contributed by atoms with Gasteiger partial charge in [-0.05, 0) is 136 Å². The number of ether oxygens (including phenoxy) is 1. The van der Waals surface area contributed by atoms with Crippen LogP contribution < -0.4 is 4.74 Å². The molecule has 4 saturated carbocycles. The first-order valence-electron chi connectivity index (χ1n) is 15.2. The van der Waals surface area contributed by atoms with Crippen molar-refractivity contribution >= 4 is 0 Å². The Morgan fingerprint density at radius 3 is 2.35 bits per heavy atom. The Morgan fingerprint density at radius 1 is 0.946 bits per heavy atom. The van der Waals surface area contributed by atoms with Gasteiger partial charge in [0.05, 0.1) is 24.9 Å². The second-order valence-corrected chi connectivity index (χ2v) is 14.2. The summed E-state index contributed by atoms with van der Waals surface area (Å²) in [5.41, 5.74) is 3.72. The lowest BCUT2D eigenvalue weighted by Gasteiger charge is -2.63. The lowest BCUT2D eigenvalue weighted by Crippen LogP contribution is -2.62. The van der Waals surface area contributed by atoms with E-state index in [0.717, 1.165) is 70.1 Å². The molecule has 0 radical (unpaired) electrons. The van der Waals surface area contributed by atoms with E-state index in [2.05, 4.69) is 53.7 Å². The average molecular weight is 513 g/mol. The number of hydrogen-bond acceptors (Lipinski definition) is 4. The molecule has 4 fully saturated rings. The van der Waals surface area contributed by atoms with E-state index in [4.69, 9.17) is 4.74 Å². The van der Waals surface area contributed by atoms with Crippen molar-refractivity contribution in [3.05, 3.63) is 28.8 Å². The molecular weight excluding hydrogens is 460 g/mol. The maximum Gasteiger partial charge on any atom is 0.125 e. The van der Waals surface area contributed by atoms with Gasteiger partial charge in [-0.2, -0.15) is 0 Å². The summed E-state index contributed by atoms with van der Waals surface area (Å²) in [7, 11) is 0. The van der Waals surface area contributed by atoms with Gasteiger partial charge in [0.15, 0.2) is 0 Å². The molecule has 5 rings (SSSR count). The van der Waals surface area contributed by atoms with Crippen LogP contribution in [0.3, 0.4) is 0 Å². The van der Waals surface area contributed by atoms with Gasteiger partial charge >= 0.3 is 0 Å². The predicted octanol–water partition coefficient (Wildman–Crippen LogP) is 6.37. The zero-order chi connectivity index (χ0) is 26.7. The second kappa shape index (κ2) is 10.1. The third-order valence-corrected chi connectivity index (χ3v) is 12.2. The maximum absolute atomic E-state index is 11.8. The molecule has 0 unspecified atom stereocenters. The highest BCUT2D eigenvalue weighted by molar-refractivity contribution is 5.42. The summed E-state index contributed by atoms with van der Waals surface area (Å²) < 4.78 is 6.24. The summed E-state index contributed by atoms with van der Waals surface area (Å²) in [6.07, 6.45) is 7.95. The minimum absolute atomic E-state index is 0.121. The average Bonchev–Trinajstić information content (AvgIpc) is 3.18. The number of aryl methyl sites for hydroxylation is 3. The van der Waals surface area contributed by atoms with Crippen LogP contribution in [0.4, 0.5) is 0 Å². The first kappa shape index (κ1) is 27.5. The number of fused-ring (bicyclic) bond motifs is 5. The minimum Gasteiger partial charge on any atom is -0.493 e. The first-order valence-corrected chi connectivity index (χ1v) is 15.2. The Kier molecular flexibility index (Phi) is 7.53. The van der Waals surface area contributed by atoms with Gasteiger partial charge in [0.2, 0.25) is 0 Å². The Hall–Kier alpha value is -1.10. The summed E-state index contributed by atoms with van der Waals surface area (Å²) in [5, 5.41) is 33.6. The van der Waals surface area contributed by atoms with Crippen LogP contribution >= 0.6 is 0 Å². The molecule has 1 aromatic rings. The normalized spacial score (nSPS) is 44.0. The molecule has 0 bridgehead atoms. The van der Waals surface area contributed by atoms with Crippen molar-refractivity contribution in [2.75, 3.05) is 6.61 Å². The third kappa shape index (κ3) is 4.57. The van der Waals surface area contributed by atoms with Crippen molar-refractivity contribution in [3.63, 3.8) is 0 Å². The number of aliphatic hydroxyl groups is 3. The molecule has 3 N–H and O–H groups in total. The molecule has 0 saturated heterocycles. The van der Waals surface area contributed by atoms with E-state index < -0.39 is 0 Å². The fourth-order valence-corrected chi connectivity index (χ4v) is 10.3. The van der Waals surface area contributed by atoms with Crippen LogP contribution in [0.15, 0.2) is 12.1 Å². The van der Waals surface area contributed by atoms with Crippen LogP contribution in [-0.2, 0) is 0 Å². The van der Waals surface area contributed by atoms with Gasteiger partial charge < -0.3 is 20.1 Å². The van der Waals surface area contributed by atoms with Gasteiger partial charge in [-0.3, -0.25) is 0 Å². The monoisotopic (exact) mass is 512 g/mol. The molecule has 0 aromatic heterocycles. The van der Waals surface area contributed by atoms with Crippen LogP contribution in [-0.4, -0.2) is 40.2 Å². The Bertz CT molecular complexity index is 952. The molecule has 4 aliphatic carbocycles. The Balaban J connectivity index is 1.25. The summed E-state index contributed by atoms with van der Waals surface area (Å²) >= 11 is 0. The summed E-state index contributed by atoms with van der Waals surface area (Å²) in [4.78, 5) is 0. The van der Waals surface area contributed by atoms with E-state index in [1.54, 1.807) is 0 Å². The summed E-state index contributed by atoms with van der Waals surface area (Å²) in [6.45, 7) is 14.3. The zero-order valence-corrected chi connectivity index (χ0v) is 24.2. The maximum atomic E-state index is 11.8. The molecule has 208 valence electrons. The number of benzene rings is 1. The summed E-state index contributed by atoms with van der Waals surface area (Å²) in [6, 6.07) is 4.39. The smallest absolute Gasteiger partial charge is 0.125 e. The summed E-state index contributed by atoms with van der Waals surface area (Å²) in [5.74, 6) is 3.47. The third-order valence-electron chi connectivity index (χ3n) is 12.2. The quantitative estimate of drug-likeness (QED) is 0.388. The van der Waals surface area contributed by atoms with Crippen LogP contribution in [0.5, 0.6) is 5.75 Å². The molecule has 4 nitrogen and oxygen atoms in total. The van der Waals surface area contributed by atoms with E-state index in [1.807, 2.05) is 0 Å². The Labute approximate surface area is 225 Å². The highest BCUT2D eigenvalue weighted by atomic mass is 16.5. The lowest BCUT2D eigenvalue weighted by atomic mass is 9.43. The van der Waals surface area contributed by atoms with Gasteiger partial charge in [-0.1, -0.05) is 38.5 Å². The van der Waals surface area contributed by atoms with Gasteiger partial charge in [0.25, 0.3) is 0 Å². The molecule has 37 heavy (non-hydrogen) atoms. The number of aliphatic hydroxyl groups excluding tert-OH is 3. The van der Waals surface area contributed by atoms with Crippen LogP contribution in [0.25, 0.3) is 0 Å². The van der Waals surface area contributed by atoms with Crippen molar-refractivity contribution in [1.82, 2.24) is 0 Å². The first-order chi connectivity index (χ1) is 17.5. The minimum atomic E-state index is -0.308. The van der Waals surface area contributed by atoms with Crippen molar-refractivity contribution in [2.45, 2.75) is 118 Å². The van der Waals surface area contributed by atoms with Crippen LogP contribution in [0.1, 0.15) is 95.2 Å². The van der Waals surface area contributed by atoms with Crippen molar-refractivity contribution in [2.24, 2.45) is 46.3 Å². The molecule has 4 aliphatic rings. The second-order valence-electron chi connectivity index (χ2n) is 14.2. The van der Waals surface area contributed by atoms with E-state index in [1.165, 1.54) is 16.7 Å². The molecule has 0 heterocycles. The van der Waals surface area contributed by atoms with Crippen LogP contribution in [0.2, 0.25) is 0 Å². The molecule has 0 spiro atoms. The molecule has 11 atom stereocenters. The highest BCUT2D eigenvalue weighted by Crippen LogP contribution is 2.68. The van der Waals surface area contributed by atoms with E-state index >= 15 is 0 Å². The standard InChI is InChI=1S/C33H52O4/c1-19-14-21(3)31(22(4)15-19)37-13-7-8-20(2)25-9-10-26-30-27(18-29(36)33(25,26)6)32(5)12-11-24(34)16-23(32)17-28(30)35/h14-15,20,23-30,34-36H,7-13,16-18H2,1-6H3/t20-,23+,24-,25-,26+,27+,28-,29+,30+,32+,33-/m1/s1. The van der Waals surface area contributed by atoms with Crippen LogP contribution in [0, 0.1) is 67.1 Å². The fourth-order valence-electron chi connectivity index (χ4n) is 10.3. The van der Waals surface area contributed by atoms with E-state index in [0.29, 0.717) is 29.6 Å². The van der Waals surface area contributed by atoms with Gasteiger partial charge in [-0.15, -0.1) is 0 Å². The molecular formula is C33H52O4. The fraction of sp³-hybridized carbons (Fsp3) is 0.818. The largest absolute Gasteiger partial charge is 0.493 e. The van der Waals surface area contributed by atoms with Crippen molar-refractivity contribution in [1.29, 1.82) is 0 Å². The zero-order valence-electron chi connectivity index (χ0n) is 24.2. The highest BCUT2D eigenvalue weighted by Gasteiger charge is 2.65. The molecule has 1 aromatic carbocycles. The Morgan fingerprint density at radius 2 is 1.65 bits per heavy atom. The molecule has 0 aliphatic heterocycles. The van der Waals surface area contributed by atoms with Gasteiger partial charge in [0, 0.05) is 0 Å². The number of rotatable bonds is 6. The van der Waals surface area contributed by atoms with E-state index in [-0.39, 0.29) is 35.1 Å². The number of hydrogen-bond donors (Lipinski definition) is 3. The predicted molar refractivity (Wildman–Crippen MR) is 149 cm³/mol. The SMILES string of the molecule is Cc1cc(C)c(OCCC[C@@H](C)[C@H]2CC[C@H]3[C@@H]4[C@H](O)C[C@@H]5C[C@H](O)CC[C@]5(C)[C@H]4C[C@H](O)[C@]23C)c(C)c1. The van der Waals surface area contributed by atoms with Gasteiger partial charge in [0.1, 0.15) is 5.75 Å². The van der Waals surface area contributed by atoms with E-state index in [9.17, 15) is 15.3 Å². The van der Waals surface area contributed by atoms with Crippen molar-refractivity contribution < 1.29 is 20.1 Å². The van der Waals surface area contributed by atoms with Crippen molar-refractivity contribution in [3.8, 4) is 5.75 Å². The molecule has 4 heteroatoms.